The quantitative estimate of drug-likeness (QED) is 0.826. The summed E-state index contributed by atoms with van der Waals surface area (Å²) in [5.74, 6) is 0.762. The molecule has 1 aliphatic heterocycles. The Bertz CT molecular complexity index is 438. The molecule has 0 spiro atoms. The normalized spacial score (nSPS) is 19.2. The van der Waals surface area contributed by atoms with Gasteiger partial charge in [-0.2, -0.15) is 17.7 Å². The third-order valence-corrected chi connectivity index (χ3v) is 4.04. The van der Waals surface area contributed by atoms with E-state index in [1.165, 1.54) is 0 Å². The van der Waals surface area contributed by atoms with Gasteiger partial charge < -0.3 is 4.74 Å². The molecular weight excluding hydrogens is 236 g/mol. The number of thiol groups is 1. The van der Waals surface area contributed by atoms with Crippen LogP contribution in [0.2, 0.25) is 0 Å². The smallest absolute Gasteiger partial charge is 0.266 e. The monoisotopic (exact) mass is 254 g/mol. The second-order valence-corrected chi connectivity index (χ2v) is 5.06. The lowest BCUT2D eigenvalue weighted by Crippen LogP contribution is -2.39. The lowest BCUT2D eigenvalue weighted by Gasteiger charge is -2.35. The van der Waals surface area contributed by atoms with Crippen LogP contribution in [0.1, 0.15) is 18.5 Å². The van der Waals surface area contributed by atoms with E-state index in [0.717, 1.165) is 37.5 Å². The summed E-state index contributed by atoms with van der Waals surface area (Å²) in [6.07, 6.45) is 1.89. The summed E-state index contributed by atoms with van der Waals surface area (Å²) in [5.41, 5.74) is 0.876. The average molecular weight is 254 g/mol. The lowest BCUT2D eigenvalue weighted by molar-refractivity contribution is 0.0158. The maximum atomic E-state index is 11.7. The summed E-state index contributed by atoms with van der Waals surface area (Å²) >= 11 is 4.44. The molecule has 2 heterocycles. The van der Waals surface area contributed by atoms with E-state index in [1.54, 1.807) is 16.8 Å². The highest BCUT2D eigenvalue weighted by molar-refractivity contribution is 7.80. The number of aryl methyl sites for hydroxylation is 1. The fraction of sp³-hybridized carbons (Fsp3) is 0.667. The minimum atomic E-state index is -0.0387. The molecule has 0 N–H and O–H groups in total. The van der Waals surface area contributed by atoms with Crippen molar-refractivity contribution < 1.29 is 4.74 Å². The van der Waals surface area contributed by atoms with Crippen LogP contribution >= 0.6 is 12.6 Å². The number of nitrogens with zero attached hydrogens (tertiary/aromatic N) is 2. The van der Waals surface area contributed by atoms with Crippen molar-refractivity contribution >= 4 is 12.6 Å². The zero-order valence-corrected chi connectivity index (χ0v) is 10.9. The summed E-state index contributed by atoms with van der Waals surface area (Å²) in [7, 11) is 0. The molecule has 1 aromatic rings. The van der Waals surface area contributed by atoms with Crippen LogP contribution in [0.15, 0.2) is 16.9 Å². The Morgan fingerprint density at radius 3 is 2.82 bits per heavy atom. The number of rotatable bonds is 3. The molecule has 2 rings (SSSR count). The minimum Gasteiger partial charge on any atom is -0.381 e. The summed E-state index contributed by atoms with van der Waals surface area (Å²) < 4.78 is 6.94. The van der Waals surface area contributed by atoms with Gasteiger partial charge in [0.15, 0.2) is 0 Å². The molecule has 0 radical (unpaired) electrons. The Balaban J connectivity index is 2.23. The van der Waals surface area contributed by atoms with E-state index in [-0.39, 0.29) is 11.0 Å². The highest BCUT2D eigenvalue weighted by Crippen LogP contribution is 2.32. The number of ether oxygens (including phenoxy) is 1. The van der Waals surface area contributed by atoms with Crippen molar-refractivity contribution in [2.24, 2.45) is 5.41 Å². The van der Waals surface area contributed by atoms with Crippen LogP contribution in [-0.2, 0) is 11.3 Å². The van der Waals surface area contributed by atoms with Crippen molar-refractivity contribution in [1.82, 2.24) is 9.78 Å². The fourth-order valence-electron chi connectivity index (χ4n) is 2.15. The lowest BCUT2D eigenvalue weighted by atomic mass is 9.82. The van der Waals surface area contributed by atoms with E-state index in [9.17, 15) is 4.79 Å². The maximum Gasteiger partial charge on any atom is 0.266 e. The van der Waals surface area contributed by atoms with Crippen molar-refractivity contribution in [3.05, 3.63) is 28.2 Å². The Morgan fingerprint density at radius 1 is 1.47 bits per heavy atom. The van der Waals surface area contributed by atoms with Gasteiger partial charge in [-0.1, -0.05) is 0 Å². The van der Waals surface area contributed by atoms with Gasteiger partial charge in [0.1, 0.15) is 0 Å². The SMILES string of the molecule is Cc1ccc(=O)n(CC2(CS)CCOCC2)n1. The van der Waals surface area contributed by atoms with Crippen molar-refractivity contribution in [2.75, 3.05) is 19.0 Å². The van der Waals surface area contributed by atoms with E-state index in [2.05, 4.69) is 17.7 Å². The molecule has 1 fully saturated rings. The summed E-state index contributed by atoms with van der Waals surface area (Å²) in [4.78, 5) is 11.7. The van der Waals surface area contributed by atoms with Crippen LogP contribution < -0.4 is 5.56 Å². The van der Waals surface area contributed by atoms with E-state index in [4.69, 9.17) is 4.74 Å². The maximum absolute atomic E-state index is 11.7. The van der Waals surface area contributed by atoms with Gasteiger partial charge >= 0.3 is 0 Å². The first kappa shape index (κ1) is 12.6. The van der Waals surface area contributed by atoms with Crippen LogP contribution in [0.4, 0.5) is 0 Å². The minimum absolute atomic E-state index is 0.0387. The molecule has 0 saturated carbocycles. The second kappa shape index (κ2) is 5.23. The van der Waals surface area contributed by atoms with Gasteiger partial charge in [-0.15, -0.1) is 0 Å². The molecule has 0 amide bonds. The molecule has 0 bridgehead atoms. The molecule has 5 heteroatoms. The molecule has 1 saturated heterocycles. The summed E-state index contributed by atoms with van der Waals surface area (Å²) in [6.45, 7) is 4.04. The first-order chi connectivity index (χ1) is 8.15. The topological polar surface area (TPSA) is 44.1 Å². The van der Waals surface area contributed by atoms with Gasteiger partial charge in [-0.25, -0.2) is 4.68 Å². The van der Waals surface area contributed by atoms with Crippen LogP contribution in [-0.4, -0.2) is 28.7 Å². The molecular formula is C12H18N2O2S. The number of hydrogen-bond acceptors (Lipinski definition) is 4. The third kappa shape index (κ3) is 2.90. The average Bonchev–Trinajstić information content (AvgIpc) is 2.35. The zero-order chi connectivity index (χ0) is 12.3. The van der Waals surface area contributed by atoms with Crippen molar-refractivity contribution in [3.63, 3.8) is 0 Å². The largest absolute Gasteiger partial charge is 0.381 e. The van der Waals surface area contributed by atoms with E-state index < -0.39 is 0 Å². The van der Waals surface area contributed by atoms with Gasteiger partial charge in [0.2, 0.25) is 0 Å². The van der Waals surface area contributed by atoms with Crippen molar-refractivity contribution in [3.8, 4) is 0 Å². The first-order valence-corrected chi connectivity index (χ1v) is 6.52. The molecule has 94 valence electrons. The molecule has 1 aliphatic rings. The van der Waals surface area contributed by atoms with Crippen LogP contribution in [0.25, 0.3) is 0 Å². The van der Waals surface area contributed by atoms with E-state index in [1.807, 2.05) is 6.92 Å². The van der Waals surface area contributed by atoms with Crippen molar-refractivity contribution in [2.45, 2.75) is 26.3 Å². The van der Waals surface area contributed by atoms with Gasteiger partial charge in [0, 0.05) is 24.7 Å². The van der Waals surface area contributed by atoms with Crippen LogP contribution in [0.3, 0.4) is 0 Å². The Labute approximate surface area is 106 Å². The van der Waals surface area contributed by atoms with Gasteiger partial charge in [-0.05, 0) is 31.6 Å². The zero-order valence-electron chi connectivity index (χ0n) is 10.1. The van der Waals surface area contributed by atoms with E-state index >= 15 is 0 Å². The first-order valence-electron chi connectivity index (χ1n) is 5.89. The van der Waals surface area contributed by atoms with E-state index in [0.29, 0.717) is 6.54 Å². The molecule has 4 nitrogen and oxygen atoms in total. The Morgan fingerprint density at radius 2 is 2.18 bits per heavy atom. The third-order valence-electron chi connectivity index (χ3n) is 3.37. The Hall–Kier alpha value is -0.810. The molecule has 17 heavy (non-hydrogen) atoms. The highest BCUT2D eigenvalue weighted by Gasteiger charge is 2.32. The molecule has 1 aromatic heterocycles. The predicted octanol–water partition coefficient (Wildman–Crippen LogP) is 1.28. The Kier molecular flexibility index (Phi) is 3.89. The van der Waals surface area contributed by atoms with Crippen LogP contribution in [0, 0.1) is 12.3 Å². The second-order valence-electron chi connectivity index (χ2n) is 4.74. The van der Waals surface area contributed by atoms with Crippen molar-refractivity contribution in [1.29, 1.82) is 0 Å². The number of aromatic nitrogens is 2. The molecule has 0 aromatic carbocycles. The standard InChI is InChI=1S/C12H18N2O2S/c1-10-2-3-11(15)14(13-10)8-12(9-17)4-6-16-7-5-12/h2-3,17H,4-9H2,1H3. The summed E-state index contributed by atoms with van der Waals surface area (Å²) in [6, 6.07) is 3.32. The predicted molar refractivity (Wildman–Crippen MR) is 69.6 cm³/mol. The highest BCUT2D eigenvalue weighted by atomic mass is 32.1. The number of hydrogen-bond donors (Lipinski definition) is 1. The molecule has 0 unspecified atom stereocenters. The van der Waals surface area contributed by atoms with Gasteiger partial charge in [-0.3, -0.25) is 4.79 Å². The van der Waals surface area contributed by atoms with Gasteiger partial charge in [0.05, 0.1) is 12.2 Å². The van der Waals surface area contributed by atoms with Gasteiger partial charge in [0.25, 0.3) is 5.56 Å². The molecule has 0 atom stereocenters. The molecule has 0 aliphatic carbocycles. The fourth-order valence-corrected chi connectivity index (χ4v) is 2.57. The van der Waals surface area contributed by atoms with Crippen LogP contribution in [0.5, 0.6) is 0 Å². The summed E-state index contributed by atoms with van der Waals surface area (Å²) in [5, 5.41) is 4.29.